The number of rotatable bonds is 4. The van der Waals surface area contributed by atoms with Gasteiger partial charge in [0.2, 0.25) is 0 Å². The number of hydrogen-bond donors (Lipinski definition) is 0. The summed E-state index contributed by atoms with van der Waals surface area (Å²) in [7, 11) is 3.22. The quantitative estimate of drug-likeness (QED) is 0.831. The highest BCUT2D eigenvalue weighted by Gasteiger charge is 2.36. The molecule has 2 aromatic rings. The van der Waals surface area contributed by atoms with Crippen LogP contribution in [0.25, 0.3) is 5.65 Å². The van der Waals surface area contributed by atoms with Crippen molar-refractivity contribution in [2.45, 2.75) is 25.5 Å². The highest BCUT2D eigenvalue weighted by molar-refractivity contribution is 5.94. The van der Waals surface area contributed by atoms with Gasteiger partial charge in [-0.25, -0.2) is 4.98 Å². The summed E-state index contributed by atoms with van der Waals surface area (Å²) >= 11 is 0. The van der Waals surface area contributed by atoms with Crippen molar-refractivity contribution in [1.82, 2.24) is 14.3 Å². The third-order valence-corrected chi connectivity index (χ3v) is 4.42. The van der Waals surface area contributed by atoms with Crippen LogP contribution in [0.1, 0.15) is 22.3 Å². The van der Waals surface area contributed by atoms with Gasteiger partial charge in [0.25, 0.3) is 11.5 Å². The molecule has 0 N–H and O–H groups in total. The Bertz CT molecular complexity index is 817. The van der Waals surface area contributed by atoms with E-state index < -0.39 is 0 Å². The molecule has 0 saturated carbocycles. The van der Waals surface area contributed by atoms with E-state index in [0.717, 1.165) is 5.56 Å². The largest absolute Gasteiger partial charge is 0.383 e. The predicted octanol–water partition coefficient (Wildman–Crippen LogP) is 0.879. The van der Waals surface area contributed by atoms with Crippen LogP contribution in [-0.4, -0.2) is 59.7 Å². The van der Waals surface area contributed by atoms with Crippen molar-refractivity contribution in [2.75, 3.05) is 27.4 Å². The van der Waals surface area contributed by atoms with E-state index >= 15 is 0 Å². The zero-order chi connectivity index (χ0) is 17.3. The molecule has 1 aliphatic heterocycles. The lowest BCUT2D eigenvalue weighted by atomic mass is 10.2. The summed E-state index contributed by atoms with van der Waals surface area (Å²) in [5, 5.41) is 0. The van der Waals surface area contributed by atoms with Gasteiger partial charge in [-0.2, -0.15) is 0 Å². The Morgan fingerprint density at radius 3 is 2.92 bits per heavy atom. The predicted molar refractivity (Wildman–Crippen MR) is 88.3 cm³/mol. The average Bonchev–Trinajstić information content (AvgIpc) is 2.98. The molecule has 24 heavy (non-hydrogen) atoms. The first-order valence-corrected chi connectivity index (χ1v) is 7.86. The van der Waals surface area contributed by atoms with Crippen molar-refractivity contribution in [1.29, 1.82) is 0 Å². The number of ether oxygens (including phenoxy) is 2. The van der Waals surface area contributed by atoms with Crippen molar-refractivity contribution < 1.29 is 14.3 Å². The van der Waals surface area contributed by atoms with Crippen LogP contribution in [0.2, 0.25) is 0 Å². The number of nitrogens with zero attached hydrogens (tertiary/aromatic N) is 3. The second-order valence-electron chi connectivity index (χ2n) is 6.07. The van der Waals surface area contributed by atoms with E-state index in [1.54, 1.807) is 31.4 Å². The van der Waals surface area contributed by atoms with Crippen LogP contribution in [0.4, 0.5) is 0 Å². The Labute approximate surface area is 139 Å². The van der Waals surface area contributed by atoms with Gasteiger partial charge in [-0.3, -0.25) is 14.0 Å². The summed E-state index contributed by atoms with van der Waals surface area (Å²) in [4.78, 5) is 31.5. The van der Waals surface area contributed by atoms with E-state index in [2.05, 4.69) is 4.98 Å². The van der Waals surface area contributed by atoms with Crippen LogP contribution in [0.3, 0.4) is 0 Å². The van der Waals surface area contributed by atoms with Crippen LogP contribution in [0.15, 0.2) is 29.3 Å². The van der Waals surface area contributed by atoms with Gasteiger partial charge >= 0.3 is 0 Å². The van der Waals surface area contributed by atoms with Gasteiger partial charge in [-0.1, -0.05) is 0 Å². The normalized spacial score (nSPS) is 20.7. The molecule has 0 unspecified atom stereocenters. The van der Waals surface area contributed by atoms with Gasteiger partial charge in [0.15, 0.2) is 0 Å². The molecular formula is C17H21N3O4. The highest BCUT2D eigenvalue weighted by Crippen LogP contribution is 2.22. The van der Waals surface area contributed by atoms with Crippen molar-refractivity contribution >= 4 is 11.6 Å². The number of carbonyl (C=O) groups excluding carboxylic acids is 1. The third-order valence-electron chi connectivity index (χ3n) is 4.42. The fourth-order valence-corrected chi connectivity index (χ4v) is 3.12. The zero-order valence-electron chi connectivity index (χ0n) is 14.1. The van der Waals surface area contributed by atoms with Crippen LogP contribution >= 0.6 is 0 Å². The number of aryl methyl sites for hydroxylation is 1. The first-order valence-electron chi connectivity index (χ1n) is 7.86. The first-order chi connectivity index (χ1) is 11.5. The van der Waals surface area contributed by atoms with Gasteiger partial charge in [0.05, 0.1) is 18.8 Å². The van der Waals surface area contributed by atoms with E-state index in [1.165, 1.54) is 10.6 Å². The van der Waals surface area contributed by atoms with Crippen molar-refractivity contribution in [2.24, 2.45) is 0 Å². The maximum Gasteiger partial charge on any atom is 0.270 e. The fourth-order valence-electron chi connectivity index (χ4n) is 3.12. The Morgan fingerprint density at radius 2 is 2.21 bits per heavy atom. The molecule has 2 aromatic heterocycles. The van der Waals surface area contributed by atoms with Gasteiger partial charge < -0.3 is 14.4 Å². The summed E-state index contributed by atoms with van der Waals surface area (Å²) in [5.41, 5.74) is 1.24. The van der Waals surface area contributed by atoms with Gasteiger partial charge in [0, 0.05) is 33.2 Å². The standard InChI is InChI=1S/C17H21N3O4/c1-11-4-5-19-15(6-11)18-8-14(16(19)21)17(22)20-9-13(24-3)7-12(20)10-23-2/h4-6,8,12-13H,7,9-10H2,1-3H3/t12-,13+/m0/s1. The molecule has 1 aliphatic rings. The van der Waals surface area contributed by atoms with E-state index in [0.29, 0.717) is 25.2 Å². The monoisotopic (exact) mass is 331 g/mol. The number of amides is 1. The molecule has 128 valence electrons. The molecular weight excluding hydrogens is 310 g/mol. The average molecular weight is 331 g/mol. The van der Waals surface area contributed by atoms with E-state index in [4.69, 9.17) is 9.47 Å². The molecule has 0 bridgehead atoms. The number of carbonyl (C=O) groups is 1. The minimum absolute atomic E-state index is 0.0482. The molecule has 1 saturated heterocycles. The number of pyridine rings is 1. The molecule has 7 nitrogen and oxygen atoms in total. The molecule has 0 aliphatic carbocycles. The minimum atomic E-state index is -0.359. The molecule has 0 radical (unpaired) electrons. The molecule has 3 rings (SSSR count). The molecule has 2 atom stereocenters. The summed E-state index contributed by atoms with van der Waals surface area (Å²) in [6, 6.07) is 3.51. The maximum absolute atomic E-state index is 12.9. The summed E-state index contributed by atoms with van der Waals surface area (Å²) in [6.07, 6.45) is 3.65. The van der Waals surface area contributed by atoms with Crippen LogP contribution in [0.5, 0.6) is 0 Å². The summed E-state index contributed by atoms with van der Waals surface area (Å²) in [5.74, 6) is -0.330. The van der Waals surface area contributed by atoms with Gasteiger partial charge in [-0.05, 0) is 31.0 Å². The van der Waals surface area contributed by atoms with Crippen LogP contribution in [-0.2, 0) is 9.47 Å². The number of fused-ring (bicyclic) bond motifs is 1. The first kappa shape index (κ1) is 16.6. The SMILES string of the molecule is COC[C@@H]1C[C@@H](OC)CN1C(=O)c1cnc2cc(C)ccn2c1=O. The number of likely N-dealkylation sites (tertiary alicyclic amines) is 1. The topological polar surface area (TPSA) is 73.1 Å². The second-order valence-corrected chi connectivity index (χ2v) is 6.07. The molecule has 0 spiro atoms. The Kier molecular flexibility index (Phi) is 4.64. The zero-order valence-corrected chi connectivity index (χ0v) is 14.1. The van der Waals surface area contributed by atoms with Crippen molar-refractivity contribution in [3.63, 3.8) is 0 Å². The van der Waals surface area contributed by atoms with E-state index in [-0.39, 0.29) is 29.2 Å². The van der Waals surface area contributed by atoms with Gasteiger partial charge in [0.1, 0.15) is 11.2 Å². The van der Waals surface area contributed by atoms with Gasteiger partial charge in [-0.15, -0.1) is 0 Å². The second kappa shape index (κ2) is 6.70. The Morgan fingerprint density at radius 1 is 1.42 bits per heavy atom. The smallest absolute Gasteiger partial charge is 0.270 e. The lowest BCUT2D eigenvalue weighted by Crippen LogP contribution is -2.41. The fraction of sp³-hybridized carbons (Fsp3) is 0.471. The van der Waals surface area contributed by atoms with Crippen molar-refractivity contribution in [3.05, 3.63) is 46.0 Å². The van der Waals surface area contributed by atoms with Crippen LogP contribution < -0.4 is 5.56 Å². The molecule has 3 heterocycles. The molecule has 1 amide bonds. The summed E-state index contributed by atoms with van der Waals surface area (Å²) < 4.78 is 12.0. The highest BCUT2D eigenvalue weighted by atomic mass is 16.5. The number of methoxy groups -OCH3 is 2. The van der Waals surface area contributed by atoms with Crippen LogP contribution in [0, 0.1) is 6.92 Å². The Balaban J connectivity index is 1.97. The van der Waals surface area contributed by atoms with E-state index in [1.807, 2.05) is 13.0 Å². The number of hydrogen-bond acceptors (Lipinski definition) is 5. The minimum Gasteiger partial charge on any atom is -0.383 e. The maximum atomic E-state index is 12.9. The molecule has 7 heteroatoms. The third kappa shape index (κ3) is 2.92. The van der Waals surface area contributed by atoms with Crippen molar-refractivity contribution in [3.8, 4) is 0 Å². The lowest BCUT2D eigenvalue weighted by Gasteiger charge is -2.23. The Hall–Kier alpha value is -2.25. The summed E-state index contributed by atoms with van der Waals surface area (Å²) in [6.45, 7) is 2.78. The van der Waals surface area contributed by atoms with E-state index in [9.17, 15) is 9.59 Å². The molecule has 1 fully saturated rings. The molecule has 0 aromatic carbocycles. The number of aromatic nitrogens is 2. The lowest BCUT2D eigenvalue weighted by molar-refractivity contribution is 0.0610.